The number of anilines is 1. The van der Waals surface area contributed by atoms with Crippen molar-refractivity contribution >= 4 is 39.2 Å². The van der Waals surface area contributed by atoms with Gasteiger partial charge in [-0.15, -0.1) is 11.3 Å². The smallest absolute Gasteiger partial charge is 0.341 e. The highest BCUT2D eigenvalue weighted by Gasteiger charge is 2.27. The van der Waals surface area contributed by atoms with E-state index in [0.29, 0.717) is 23.1 Å². The number of thiophene rings is 1. The fraction of sp³-hybridized carbons (Fsp3) is 0.417. The summed E-state index contributed by atoms with van der Waals surface area (Å²) in [7, 11) is 0. The highest BCUT2D eigenvalue weighted by molar-refractivity contribution is 7.17. The van der Waals surface area contributed by atoms with E-state index in [1.807, 2.05) is 6.07 Å². The van der Waals surface area contributed by atoms with Gasteiger partial charge in [-0.25, -0.2) is 4.79 Å². The van der Waals surface area contributed by atoms with E-state index in [0.717, 1.165) is 47.8 Å². The molecule has 0 bridgehead atoms. The summed E-state index contributed by atoms with van der Waals surface area (Å²) in [5, 5.41) is 4.56. The maximum atomic E-state index is 12.9. The highest BCUT2D eigenvalue weighted by Crippen LogP contribution is 2.38. The van der Waals surface area contributed by atoms with Gasteiger partial charge in [0.15, 0.2) is 0 Å². The third-order valence-electron chi connectivity index (χ3n) is 5.60. The second-order valence-corrected chi connectivity index (χ2v) is 9.14. The van der Waals surface area contributed by atoms with Crippen LogP contribution in [0.3, 0.4) is 0 Å². The average molecular weight is 426 g/mol. The predicted octanol–water partition coefficient (Wildman–Crippen LogP) is 5.85. The van der Waals surface area contributed by atoms with Crippen LogP contribution in [0, 0.1) is 0 Å². The van der Waals surface area contributed by atoms with Gasteiger partial charge in [0, 0.05) is 15.8 Å². The molecule has 1 aliphatic rings. The van der Waals surface area contributed by atoms with E-state index < -0.39 is 0 Å². The normalized spacial score (nSPS) is 13.5. The van der Waals surface area contributed by atoms with E-state index in [4.69, 9.17) is 9.15 Å². The molecule has 3 aromatic rings. The quantitative estimate of drug-likeness (QED) is 0.503. The summed E-state index contributed by atoms with van der Waals surface area (Å²) >= 11 is 1.51. The number of amides is 1. The third kappa shape index (κ3) is 4.01. The van der Waals surface area contributed by atoms with Crippen LogP contribution in [0.25, 0.3) is 11.0 Å². The Balaban J connectivity index is 1.59. The van der Waals surface area contributed by atoms with Gasteiger partial charge in [-0.05, 0) is 61.8 Å². The number of hydrogen-bond donors (Lipinski definition) is 1. The minimum Gasteiger partial charge on any atom is -0.464 e. The molecule has 0 saturated carbocycles. The fourth-order valence-electron chi connectivity index (χ4n) is 4.01. The Hall–Kier alpha value is -2.60. The van der Waals surface area contributed by atoms with E-state index in [9.17, 15) is 9.59 Å². The molecule has 0 unspecified atom stereocenters. The molecule has 158 valence electrons. The van der Waals surface area contributed by atoms with Gasteiger partial charge in [-0.2, -0.15) is 0 Å². The molecule has 5 nitrogen and oxygen atoms in total. The number of rotatable bonds is 6. The minimum absolute atomic E-state index is 0.156. The Morgan fingerprint density at radius 1 is 1.23 bits per heavy atom. The van der Waals surface area contributed by atoms with Crippen LogP contribution in [-0.4, -0.2) is 18.5 Å². The van der Waals surface area contributed by atoms with E-state index in [-0.39, 0.29) is 18.3 Å². The molecule has 0 spiro atoms. The summed E-state index contributed by atoms with van der Waals surface area (Å²) < 4.78 is 10.9. The van der Waals surface area contributed by atoms with Gasteiger partial charge in [0.05, 0.1) is 24.9 Å². The number of benzene rings is 1. The van der Waals surface area contributed by atoms with Crippen molar-refractivity contribution in [1.82, 2.24) is 0 Å². The third-order valence-corrected chi connectivity index (χ3v) is 6.81. The first-order chi connectivity index (χ1) is 14.5. The Labute approximate surface area is 180 Å². The van der Waals surface area contributed by atoms with Crippen LogP contribution in [0.5, 0.6) is 0 Å². The minimum atomic E-state index is -0.345. The number of ether oxygens (including phenoxy) is 1. The highest BCUT2D eigenvalue weighted by atomic mass is 32.1. The molecule has 0 atom stereocenters. The summed E-state index contributed by atoms with van der Waals surface area (Å²) in [5.41, 5.74) is 4.44. The van der Waals surface area contributed by atoms with Crippen molar-refractivity contribution in [1.29, 1.82) is 0 Å². The summed E-state index contributed by atoms with van der Waals surface area (Å²) in [6.45, 7) is 6.40. The van der Waals surface area contributed by atoms with Crippen LogP contribution < -0.4 is 5.32 Å². The molecule has 0 saturated heterocycles. The first kappa shape index (κ1) is 20.7. The molecular formula is C24H27NO4S. The number of hydrogen-bond acceptors (Lipinski definition) is 5. The molecule has 0 fully saturated rings. The molecule has 4 rings (SSSR count). The molecule has 2 aromatic heterocycles. The maximum absolute atomic E-state index is 12.9. The van der Waals surface area contributed by atoms with Gasteiger partial charge in [0.1, 0.15) is 10.6 Å². The van der Waals surface area contributed by atoms with Gasteiger partial charge < -0.3 is 14.5 Å². The molecule has 1 aromatic carbocycles. The van der Waals surface area contributed by atoms with Crippen LogP contribution in [0.15, 0.2) is 28.9 Å². The lowest BCUT2D eigenvalue weighted by Crippen LogP contribution is -2.17. The zero-order chi connectivity index (χ0) is 21.3. The zero-order valence-corrected chi connectivity index (χ0v) is 18.5. The van der Waals surface area contributed by atoms with Crippen molar-refractivity contribution in [2.24, 2.45) is 0 Å². The van der Waals surface area contributed by atoms with Gasteiger partial charge in [-0.1, -0.05) is 19.9 Å². The average Bonchev–Trinajstić information content (AvgIpc) is 3.28. The van der Waals surface area contributed by atoms with E-state index >= 15 is 0 Å². The number of nitrogens with one attached hydrogen (secondary N) is 1. The van der Waals surface area contributed by atoms with E-state index in [1.165, 1.54) is 21.8 Å². The molecule has 6 heteroatoms. The second kappa shape index (κ2) is 8.64. The molecule has 1 amide bonds. The molecule has 0 aliphatic heterocycles. The van der Waals surface area contributed by atoms with Crippen molar-refractivity contribution in [3.05, 3.63) is 51.6 Å². The van der Waals surface area contributed by atoms with Crippen LogP contribution >= 0.6 is 11.3 Å². The molecular weight excluding hydrogens is 398 g/mol. The molecule has 30 heavy (non-hydrogen) atoms. The summed E-state index contributed by atoms with van der Waals surface area (Å²) in [6.07, 6.45) is 5.83. The van der Waals surface area contributed by atoms with Crippen molar-refractivity contribution in [2.45, 2.75) is 58.8 Å². The Morgan fingerprint density at radius 3 is 2.80 bits per heavy atom. The van der Waals surface area contributed by atoms with E-state index in [1.54, 1.807) is 13.2 Å². The first-order valence-corrected chi connectivity index (χ1v) is 11.4. The maximum Gasteiger partial charge on any atom is 0.341 e. The second-order valence-electron chi connectivity index (χ2n) is 8.03. The van der Waals surface area contributed by atoms with Gasteiger partial charge >= 0.3 is 5.97 Å². The monoisotopic (exact) mass is 425 g/mol. The summed E-state index contributed by atoms with van der Waals surface area (Å²) in [4.78, 5) is 26.7. The Kier molecular flexibility index (Phi) is 5.95. The lowest BCUT2D eigenvalue weighted by Gasteiger charge is -2.12. The molecule has 1 aliphatic carbocycles. The van der Waals surface area contributed by atoms with Gasteiger partial charge in [0.25, 0.3) is 0 Å². The number of furan rings is 1. The lowest BCUT2D eigenvalue weighted by atomic mass is 9.95. The van der Waals surface area contributed by atoms with Crippen molar-refractivity contribution in [3.8, 4) is 0 Å². The van der Waals surface area contributed by atoms with Crippen molar-refractivity contribution < 1.29 is 18.7 Å². The summed E-state index contributed by atoms with van der Waals surface area (Å²) in [6, 6.07) is 6.11. The van der Waals surface area contributed by atoms with Gasteiger partial charge in [0.2, 0.25) is 5.91 Å². The number of fused-ring (bicyclic) bond motifs is 2. The van der Waals surface area contributed by atoms with Crippen molar-refractivity contribution in [3.63, 3.8) is 0 Å². The number of esters is 1. The fourth-order valence-corrected chi connectivity index (χ4v) is 5.31. The van der Waals surface area contributed by atoms with Crippen LogP contribution in [0.4, 0.5) is 5.00 Å². The number of aryl methyl sites for hydroxylation is 1. The molecule has 0 radical (unpaired) electrons. The summed E-state index contributed by atoms with van der Waals surface area (Å²) in [5.74, 6) is -0.102. The Bertz CT molecular complexity index is 1090. The standard InChI is InChI=1S/C24H27NO4S/c1-4-28-24(27)22-17-7-5-6-8-20(17)30-23(22)25-21(26)12-16-13-29-19-10-9-15(14(2)3)11-18(16)19/h9-11,13-14H,4-8,12H2,1-3H3,(H,25,26). The van der Waals surface area contributed by atoms with Crippen molar-refractivity contribution in [2.75, 3.05) is 11.9 Å². The van der Waals surface area contributed by atoms with Crippen LogP contribution in [-0.2, 0) is 28.8 Å². The lowest BCUT2D eigenvalue weighted by molar-refractivity contribution is -0.115. The molecule has 2 heterocycles. The topological polar surface area (TPSA) is 68.5 Å². The number of carbonyl (C=O) groups is 2. The predicted molar refractivity (Wildman–Crippen MR) is 120 cm³/mol. The zero-order valence-electron chi connectivity index (χ0n) is 17.7. The van der Waals surface area contributed by atoms with Crippen LogP contribution in [0.1, 0.15) is 71.5 Å². The van der Waals surface area contributed by atoms with E-state index in [2.05, 4.69) is 31.3 Å². The first-order valence-electron chi connectivity index (χ1n) is 10.6. The van der Waals surface area contributed by atoms with Crippen LogP contribution in [0.2, 0.25) is 0 Å². The molecule has 1 N–H and O–H groups in total. The number of carbonyl (C=O) groups excluding carboxylic acids is 2. The SMILES string of the molecule is CCOC(=O)c1c(NC(=O)Cc2coc3ccc(C(C)C)cc23)sc2c1CCCC2. The Morgan fingerprint density at radius 2 is 2.03 bits per heavy atom. The van der Waals surface area contributed by atoms with Gasteiger partial charge in [-0.3, -0.25) is 4.79 Å². The largest absolute Gasteiger partial charge is 0.464 e.